The van der Waals surface area contributed by atoms with Crippen molar-refractivity contribution in [2.24, 2.45) is 5.92 Å². The zero-order valence-electron chi connectivity index (χ0n) is 10.9. The highest BCUT2D eigenvalue weighted by Crippen LogP contribution is 2.33. The largest absolute Gasteiger partial charge is 0.476 e. The molecule has 1 unspecified atom stereocenters. The van der Waals surface area contributed by atoms with Gasteiger partial charge < -0.3 is 10.5 Å². The Hall–Kier alpha value is -0.970. The van der Waals surface area contributed by atoms with Gasteiger partial charge in [-0.2, -0.15) is 4.98 Å². The first-order chi connectivity index (χ1) is 8.06. The molecule has 0 saturated heterocycles. The molecule has 0 saturated carbocycles. The van der Waals surface area contributed by atoms with Crippen molar-refractivity contribution in [2.45, 2.75) is 44.4 Å². The van der Waals surface area contributed by atoms with Crippen molar-refractivity contribution < 1.29 is 4.74 Å². The number of thioether (sulfide) groups is 1. The highest BCUT2D eigenvalue weighted by Gasteiger charge is 2.15. The quantitative estimate of drug-likeness (QED) is 0.625. The van der Waals surface area contributed by atoms with Gasteiger partial charge in [0.1, 0.15) is 17.0 Å². The van der Waals surface area contributed by atoms with E-state index in [1.807, 2.05) is 6.92 Å². The van der Waals surface area contributed by atoms with E-state index in [4.69, 9.17) is 10.5 Å². The fourth-order valence-corrected chi connectivity index (χ4v) is 2.03. The Balaban J connectivity index is 2.79. The van der Waals surface area contributed by atoms with E-state index in [9.17, 15) is 0 Å². The van der Waals surface area contributed by atoms with E-state index in [1.165, 1.54) is 6.33 Å². The number of hydrogen-bond acceptors (Lipinski definition) is 5. The van der Waals surface area contributed by atoms with E-state index in [0.717, 1.165) is 11.4 Å². The Bertz CT molecular complexity index is 358. The van der Waals surface area contributed by atoms with E-state index in [-0.39, 0.29) is 0 Å². The van der Waals surface area contributed by atoms with Crippen molar-refractivity contribution in [1.82, 2.24) is 9.97 Å². The number of aromatic nitrogens is 2. The van der Waals surface area contributed by atoms with Crippen molar-refractivity contribution in [3.05, 3.63) is 6.33 Å². The number of nitrogens with two attached hydrogens (primary N) is 1. The number of nitrogen functional groups attached to an aromatic ring is 1. The van der Waals surface area contributed by atoms with Crippen LogP contribution < -0.4 is 10.5 Å². The molecule has 1 heterocycles. The lowest BCUT2D eigenvalue weighted by molar-refractivity contribution is 0.305. The minimum absolute atomic E-state index is 0.464. The maximum absolute atomic E-state index is 6.00. The molecule has 96 valence electrons. The number of ether oxygens (including phenoxy) is 1. The predicted octanol–water partition coefficient (Wildman–Crippen LogP) is 2.98. The summed E-state index contributed by atoms with van der Waals surface area (Å²) in [4.78, 5) is 8.27. The molecule has 0 amide bonds. The second-order valence-corrected chi connectivity index (χ2v) is 5.68. The maximum Gasteiger partial charge on any atom is 0.241 e. The normalized spacial score (nSPS) is 12.8. The number of hydrogen-bond donors (Lipinski definition) is 1. The molecule has 1 atom stereocenters. The van der Waals surface area contributed by atoms with Crippen molar-refractivity contribution in [2.75, 3.05) is 12.3 Å². The second-order valence-electron chi connectivity index (χ2n) is 4.31. The van der Waals surface area contributed by atoms with E-state index in [1.54, 1.807) is 11.8 Å². The van der Waals surface area contributed by atoms with Gasteiger partial charge in [0.2, 0.25) is 5.88 Å². The molecule has 0 spiro atoms. The highest BCUT2D eigenvalue weighted by atomic mass is 32.2. The molecule has 0 fully saturated rings. The molecule has 0 aromatic carbocycles. The molecule has 1 rings (SSSR count). The molecule has 1 aromatic heterocycles. The Morgan fingerprint density at radius 2 is 2.06 bits per heavy atom. The summed E-state index contributed by atoms with van der Waals surface area (Å²) >= 11 is 1.67. The monoisotopic (exact) mass is 255 g/mol. The van der Waals surface area contributed by atoms with Crippen LogP contribution in [0.1, 0.15) is 34.1 Å². The molecule has 0 aliphatic rings. The summed E-state index contributed by atoms with van der Waals surface area (Å²) in [5, 5.41) is 1.28. The van der Waals surface area contributed by atoms with Crippen LogP contribution in [0.25, 0.3) is 0 Å². The zero-order chi connectivity index (χ0) is 12.8. The van der Waals surface area contributed by atoms with Gasteiger partial charge in [-0.1, -0.05) is 27.7 Å². The number of anilines is 1. The summed E-state index contributed by atoms with van der Waals surface area (Å²) in [6.07, 6.45) is 2.45. The molecule has 0 radical (unpaired) electrons. The van der Waals surface area contributed by atoms with Crippen LogP contribution in [-0.4, -0.2) is 21.8 Å². The number of rotatable bonds is 6. The van der Waals surface area contributed by atoms with Gasteiger partial charge in [0.05, 0.1) is 6.61 Å². The van der Waals surface area contributed by atoms with E-state index >= 15 is 0 Å². The smallest absolute Gasteiger partial charge is 0.241 e. The van der Waals surface area contributed by atoms with Crippen molar-refractivity contribution in [3.8, 4) is 5.88 Å². The first-order valence-electron chi connectivity index (χ1n) is 5.96. The maximum atomic E-state index is 6.00. The Morgan fingerprint density at radius 1 is 1.35 bits per heavy atom. The van der Waals surface area contributed by atoms with E-state index in [2.05, 4.69) is 30.7 Å². The average Bonchev–Trinajstić information content (AvgIpc) is 2.30. The predicted molar refractivity (Wildman–Crippen MR) is 72.4 cm³/mol. The van der Waals surface area contributed by atoms with Gasteiger partial charge in [0, 0.05) is 5.25 Å². The zero-order valence-corrected chi connectivity index (χ0v) is 11.8. The lowest BCUT2D eigenvalue weighted by Crippen LogP contribution is -2.08. The van der Waals surface area contributed by atoms with Crippen LogP contribution in [0.3, 0.4) is 0 Å². The van der Waals surface area contributed by atoms with Crippen LogP contribution >= 0.6 is 11.8 Å². The van der Waals surface area contributed by atoms with Crippen molar-refractivity contribution >= 4 is 17.4 Å². The van der Waals surface area contributed by atoms with Crippen LogP contribution in [0.15, 0.2) is 11.4 Å². The lowest BCUT2D eigenvalue weighted by Gasteiger charge is -2.16. The molecule has 0 aliphatic carbocycles. The van der Waals surface area contributed by atoms with Crippen LogP contribution in [0.5, 0.6) is 5.88 Å². The number of nitrogens with zero attached hydrogens (tertiary/aromatic N) is 2. The molecule has 0 aliphatic heterocycles. The van der Waals surface area contributed by atoms with Crippen molar-refractivity contribution in [3.63, 3.8) is 0 Å². The molecule has 0 bridgehead atoms. The van der Waals surface area contributed by atoms with Crippen molar-refractivity contribution in [1.29, 1.82) is 0 Å². The summed E-state index contributed by atoms with van der Waals surface area (Å²) in [5.41, 5.74) is 6.56. The second kappa shape index (κ2) is 6.69. The van der Waals surface area contributed by atoms with Gasteiger partial charge in [-0.15, -0.1) is 11.8 Å². The Labute approximate surface area is 107 Å². The fraction of sp³-hybridized carbons (Fsp3) is 0.667. The fourth-order valence-electron chi connectivity index (χ4n) is 1.08. The van der Waals surface area contributed by atoms with Gasteiger partial charge in [0.15, 0.2) is 0 Å². The SMILES string of the molecule is CCCOc1ncnc(SC(C)C(C)C)c1N. The molecule has 4 nitrogen and oxygen atoms in total. The van der Waals surface area contributed by atoms with Crippen LogP contribution in [0.4, 0.5) is 5.69 Å². The van der Waals surface area contributed by atoms with Gasteiger partial charge in [-0.05, 0) is 12.3 Å². The van der Waals surface area contributed by atoms with Crippen LogP contribution in [0, 0.1) is 5.92 Å². The summed E-state index contributed by atoms with van der Waals surface area (Å²) in [7, 11) is 0. The minimum atomic E-state index is 0.464. The lowest BCUT2D eigenvalue weighted by atomic mass is 10.2. The summed E-state index contributed by atoms with van der Waals surface area (Å²) in [5.74, 6) is 1.08. The molecule has 17 heavy (non-hydrogen) atoms. The first-order valence-corrected chi connectivity index (χ1v) is 6.84. The van der Waals surface area contributed by atoms with Crippen LogP contribution in [0.2, 0.25) is 0 Å². The Morgan fingerprint density at radius 3 is 2.65 bits per heavy atom. The Kier molecular flexibility index (Phi) is 5.55. The van der Waals surface area contributed by atoms with E-state index in [0.29, 0.717) is 29.3 Å². The molecular weight excluding hydrogens is 234 g/mol. The summed E-state index contributed by atoms with van der Waals surface area (Å²) < 4.78 is 5.48. The van der Waals surface area contributed by atoms with Gasteiger partial charge in [-0.25, -0.2) is 4.98 Å². The summed E-state index contributed by atoms with van der Waals surface area (Å²) in [6.45, 7) is 9.22. The molecular formula is C12H21N3OS. The minimum Gasteiger partial charge on any atom is -0.476 e. The third-order valence-electron chi connectivity index (χ3n) is 2.49. The third-order valence-corrected chi connectivity index (χ3v) is 3.95. The molecule has 5 heteroatoms. The van der Waals surface area contributed by atoms with Gasteiger partial charge in [0.25, 0.3) is 0 Å². The van der Waals surface area contributed by atoms with Crippen LogP contribution in [-0.2, 0) is 0 Å². The molecule has 1 aromatic rings. The van der Waals surface area contributed by atoms with Gasteiger partial charge in [-0.3, -0.25) is 0 Å². The standard InChI is InChI=1S/C12H21N3OS/c1-5-6-16-11-10(13)12(15-7-14-11)17-9(4)8(2)3/h7-9H,5-6,13H2,1-4H3. The highest BCUT2D eigenvalue weighted by molar-refractivity contribution is 8.00. The topological polar surface area (TPSA) is 61.0 Å². The average molecular weight is 255 g/mol. The summed E-state index contributed by atoms with van der Waals surface area (Å²) in [6, 6.07) is 0. The van der Waals surface area contributed by atoms with E-state index < -0.39 is 0 Å². The molecule has 2 N–H and O–H groups in total. The first kappa shape index (κ1) is 14.1. The third kappa shape index (κ3) is 4.07. The van der Waals surface area contributed by atoms with Gasteiger partial charge >= 0.3 is 0 Å².